The highest BCUT2D eigenvalue weighted by molar-refractivity contribution is 7.07. The van der Waals surface area contributed by atoms with Crippen molar-refractivity contribution in [1.82, 2.24) is 5.32 Å². The van der Waals surface area contributed by atoms with Gasteiger partial charge < -0.3 is 10.1 Å². The zero-order chi connectivity index (χ0) is 13.0. The number of nitrogens with one attached hydrogen (secondary N) is 1. The first-order valence-corrected chi connectivity index (χ1v) is 8.01. The zero-order valence-corrected chi connectivity index (χ0v) is 12.6. The second kappa shape index (κ2) is 6.18. The summed E-state index contributed by atoms with van der Waals surface area (Å²) in [4.78, 5) is 0. The Bertz CT molecular complexity index is 351. The molecule has 0 aromatic carbocycles. The van der Waals surface area contributed by atoms with Crippen molar-refractivity contribution in [2.75, 3.05) is 13.2 Å². The van der Waals surface area contributed by atoms with Crippen molar-refractivity contribution >= 4 is 11.3 Å². The van der Waals surface area contributed by atoms with E-state index in [2.05, 4.69) is 42.9 Å². The highest BCUT2D eigenvalue weighted by Crippen LogP contribution is 2.45. The largest absolute Gasteiger partial charge is 0.378 e. The molecule has 1 N–H and O–H groups in total. The van der Waals surface area contributed by atoms with E-state index in [0.29, 0.717) is 17.6 Å². The predicted octanol–water partition coefficient (Wildman–Crippen LogP) is 3.47. The maximum Gasteiger partial charge on any atom is 0.0658 e. The Morgan fingerprint density at radius 1 is 1.50 bits per heavy atom. The van der Waals surface area contributed by atoms with E-state index in [-0.39, 0.29) is 0 Å². The fourth-order valence-electron chi connectivity index (χ4n) is 2.89. The Balaban J connectivity index is 1.76. The predicted molar refractivity (Wildman–Crippen MR) is 78.2 cm³/mol. The maximum absolute atomic E-state index is 5.83. The highest BCUT2D eigenvalue weighted by Gasteiger charge is 2.50. The lowest BCUT2D eigenvalue weighted by molar-refractivity contribution is -0.125. The zero-order valence-electron chi connectivity index (χ0n) is 11.7. The normalized spacial score (nSPS) is 31.3. The molecule has 1 fully saturated rings. The van der Waals surface area contributed by atoms with E-state index in [0.717, 1.165) is 19.6 Å². The lowest BCUT2D eigenvalue weighted by Crippen LogP contribution is -2.62. The summed E-state index contributed by atoms with van der Waals surface area (Å²) in [5, 5.41) is 8.11. The first-order chi connectivity index (χ1) is 8.70. The molecule has 1 aliphatic carbocycles. The molecule has 3 unspecified atom stereocenters. The van der Waals surface area contributed by atoms with Crippen LogP contribution >= 0.6 is 11.3 Å². The Morgan fingerprint density at radius 3 is 2.94 bits per heavy atom. The van der Waals surface area contributed by atoms with E-state index >= 15 is 0 Å². The maximum atomic E-state index is 5.83. The van der Waals surface area contributed by atoms with Crippen molar-refractivity contribution in [3.63, 3.8) is 0 Å². The van der Waals surface area contributed by atoms with Crippen LogP contribution in [-0.2, 0) is 11.2 Å². The van der Waals surface area contributed by atoms with Gasteiger partial charge in [0, 0.05) is 18.1 Å². The molecule has 1 aliphatic rings. The van der Waals surface area contributed by atoms with Crippen LogP contribution < -0.4 is 5.32 Å². The molecule has 0 radical (unpaired) electrons. The van der Waals surface area contributed by atoms with E-state index in [1.807, 2.05) is 0 Å². The minimum absolute atomic E-state index is 0.324. The lowest BCUT2D eigenvalue weighted by atomic mass is 9.61. The number of hydrogen-bond acceptors (Lipinski definition) is 3. The van der Waals surface area contributed by atoms with Crippen LogP contribution in [0.4, 0.5) is 0 Å². The monoisotopic (exact) mass is 267 g/mol. The molecule has 1 aromatic rings. The van der Waals surface area contributed by atoms with Crippen LogP contribution in [0.2, 0.25) is 0 Å². The molecule has 1 aromatic heterocycles. The fourth-order valence-corrected chi connectivity index (χ4v) is 3.60. The van der Waals surface area contributed by atoms with Gasteiger partial charge >= 0.3 is 0 Å². The number of thiophene rings is 1. The van der Waals surface area contributed by atoms with E-state index in [4.69, 9.17) is 4.74 Å². The molecule has 0 spiro atoms. The number of ether oxygens (including phenoxy) is 1. The quantitative estimate of drug-likeness (QED) is 0.816. The molecule has 3 atom stereocenters. The summed E-state index contributed by atoms with van der Waals surface area (Å²) in [6, 6.07) is 2.84. The molecule has 0 bridgehead atoms. The molecular formula is C15H25NOS. The van der Waals surface area contributed by atoms with Gasteiger partial charge in [-0.15, -0.1) is 0 Å². The first-order valence-electron chi connectivity index (χ1n) is 7.06. The summed E-state index contributed by atoms with van der Waals surface area (Å²) in [5.41, 5.74) is 1.77. The third-order valence-corrected chi connectivity index (χ3v) is 5.23. The lowest BCUT2D eigenvalue weighted by Gasteiger charge is -2.53. The fraction of sp³-hybridized carbons (Fsp3) is 0.733. The average Bonchev–Trinajstić information content (AvgIpc) is 2.89. The first kappa shape index (κ1) is 14.0. The Morgan fingerprint density at radius 2 is 2.33 bits per heavy atom. The molecule has 0 saturated heterocycles. The van der Waals surface area contributed by atoms with E-state index in [1.165, 1.54) is 18.4 Å². The molecule has 2 nitrogen and oxygen atoms in total. The van der Waals surface area contributed by atoms with Crippen molar-refractivity contribution in [2.24, 2.45) is 5.41 Å². The number of hydrogen-bond donors (Lipinski definition) is 1. The van der Waals surface area contributed by atoms with Crippen LogP contribution in [0.15, 0.2) is 16.8 Å². The standard InChI is InChI=1S/C15H25NOS/c1-4-15(3)13(10-14(15)17-5-2)16-8-6-12-7-9-18-11-12/h7,9,11,13-14,16H,4-6,8,10H2,1-3H3. The van der Waals surface area contributed by atoms with Gasteiger partial charge in [0.05, 0.1) is 6.10 Å². The molecule has 2 rings (SSSR count). The van der Waals surface area contributed by atoms with Gasteiger partial charge in [0.2, 0.25) is 0 Å². The van der Waals surface area contributed by atoms with E-state index in [1.54, 1.807) is 11.3 Å². The van der Waals surface area contributed by atoms with Crippen LogP contribution in [0.1, 0.15) is 39.2 Å². The molecule has 3 heteroatoms. The topological polar surface area (TPSA) is 21.3 Å². The van der Waals surface area contributed by atoms with E-state index < -0.39 is 0 Å². The Kier molecular flexibility index (Phi) is 4.82. The summed E-state index contributed by atoms with van der Waals surface area (Å²) >= 11 is 1.78. The van der Waals surface area contributed by atoms with Crippen molar-refractivity contribution < 1.29 is 4.74 Å². The molecule has 102 valence electrons. The Hall–Kier alpha value is -0.380. The molecule has 0 aliphatic heterocycles. The summed E-state index contributed by atoms with van der Waals surface area (Å²) < 4.78 is 5.83. The van der Waals surface area contributed by atoms with Gasteiger partial charge in [-0.25, -0.2) is 0 Å². The number of rotatable bonds is 7. The van der Waals surface area contributed by atoms with Gasteiger partial charge in [-0.2, -0.15) is 11.3 Å². The van der Waals surface area contributed by atoms with Crippen LogP contribution in [0.25, 0.3) is 0 Å². The second-order valence-electron chi connectivity index (χ2n) is 5.43. The third kappa shape index (κ3) is 2.79. The van der Waals surface area contributed by atoms with Gasteiger partial charge in [-0.1, -0.05) is 13.8 Å². The summed E-state index contributed by atoms with van der Waals surface area (Å²) in [6.07, 6.45) is 3.94. The molecule has 1 heterocycles. The minimum Gasteiger partial charge on any atom is -0.378 e. The van der Waals surface area contributed by atoms with Gasteiger partial charge in [0.25, 0.3) is 0 Å². The molecule has 0 amide bonds. The average molecular weight is 267 g/mol. The highest BCUT2D eigenvalue weighted by atomic mass is 32.1. The van der Waals surface area contributed by atoms with Crippen LogP contribution in [0.3, 0.4) is 0 Å². The SMILES string of the molecule is CCOC1CC(NCCc2ccsc2)C1(C)CC. The van der Waals surface area contributed by atoms with Crippen LogP contribution in [0.5, 0.6) is 0 Å². The molecule has 1 saturated carbocycles. The van der Waals surface area contributed by atoms with Gasteiger partial charge in [-0.3, -0.25) is 0 Å². The van der Waals surface area contributed by atoms with Crippen molar-refractivity contribution in [1.29, 1.82) is 0 Å². The van der Waals surface area contributed by atoms with Crippen LogP contribution in [0, 0.1) is 5.41 Å². The van der Waals surface area contributed by atoms with Gasteiger partial charge in [-0.05, 0) is 55.1 Å². The van der Waals surface area contributed by atoms with Crippen molar-refractivity contribution in [3.05, 3.63) is 22.4 Å². The van der Waals surface area contributed by atoms with Crippen molar-refractivity contribution in [2.45, 2.75) is 52.2 Å². The molecule has 18 heavy (non-hydrogen) atoms. The minimum atomic E-state index is 0.324. The summed E-state index contributed by atoms with van der Waals surface area (Å²) in [7, 11) is 0. The molecular weight excluding hydrogens is 242 g/mol. The van der Waals surface area contributed by atoms with Crippen LogP contribution in [-0.4, -0.2) is 25.3 Å². The second-order valence-corrected chi connectivity index (χ2v) is 6.21. The smallest absolute Gasteiger partial charge is 0.0658 e. The van der Waals surface area contributed by atoms with Gasteiger partial charge in [0.1, 0.15) is 0 Å². The van der Waals surface area contributed by atoms with Crippen molar-refractivity contribution in [3.8, 4) is 0 Å². The third-order valence-electron chi connectivity index (χ3n) is 4.50. The van der Waals surface area contributed by atoms with Gasteiger partial charge in [0.15, 0.2) is 0 Å². The van der Waals surface area contributed by atoms with E-state index in [9.17, 15) is 0 Å². The Labute approximate surface area is 115 Å². The summed E-state index contributed by atoms with van der Waals surface area (Å²) in [6.45, 7) is 8.64. The summed E-state index contributed by atoms with van der Waals surface area (Å²) in [5.74, 6) is 0.